The van der Waals surface area contributed by atoms with E-state index in [9.17, 15) is 4.79 Å². The van der Waals surface area contributed by atoms with Crippen molar-refractivity contribution in [2.75, 3.05) is 19.5 Å². The van der Waals surface area contributed by atoms with E-state index < -0.39 is 6.10 Å². The quantitative estimate of drug-likeness (QED) is 0.832. The van der Waals surface area contributed by atoms with Crippen molar-refractivity contribution >= 4 is 11.6 Å². The molecule has 0 fully saturated rings. The molecule has 0 heterocycles. The number of ether oxygens (including phenoxy) is 3. The van der Waals surface area contributed by atoms with Crippen LogP contribution in [0.25, 0.3) is 0 Å². The van der Waals surface area contributed by atoms with Crippen molar-refractivity contribution < 1.29 is 19.0 Å². The van der Waals surface area contributed by atoms with Gasteiger partial charge in [0.1, 0.15) is 5.75 Å². The molecule has 1 atom stereocenters. The van der Waals surface area contributed by atoms with Crippen LogP contribution in [0.2, 0.25) is 0 Å². The smallest absolute Gasteiger partial charge is 0.265 e. The molecule has 0 saturated heterocycles. The van der Waals surface area contributed by atoms with Gasteiger partial charge in [0.05, 0.1) is 14.2 Å². The molecule has 0 aromatic heterocycles. The molecule has 5 nitrogen and oxygen atoms in total. The summed E-state index contributed by atoms with van der Waals surface area (Å²) in [6.07, 6.45) is -0.640. The molecule has 2 aromatic rings. The predicted octanol–water partition coefficient (Wildman–Crippen LogP) is 4.41. The largest absolute Gasteiger partial charge is 0.493 e. The highest BCUT2D eigenvalue weighted by Gasteiger charge is 2.18. The van der Waals surface area contributed by atoms with Crippen molar-refractivity contribution in [2.45, 2.75) is 39.2 Å². The fourth-order valence-electron chi connectivity index (χ4n) is 2.45. The van der Waals surface area contributed by atoms with Crippen molar-refractivity contribution in [3.05, 3.63) is 48.0 Å². The lowest BCUT2D eigenvalue weighted by atomic mass is 9.87. The van der Waals surface area contributed by atoms with Gasteiger partial charge < -0.3 is 19.5 Å². The van der Waals surface area contributed by atoms with Crippen LogP contribution in [0.15, 0.2) is 42.5 Å². The Labute approximate surface area is 155 Å². The summed E-state index contributed by atoms with van der Waals surface area (Å²) < 4.78 is 16.3. The summed E-state index contributed by atoms with van der Waals surface area (Å²) in [5.41, 5.74) is 1.79. The summed E-state index contributed by atoms with van der Waals surface area (Å²) >= 11 is 0. The van der Waals surface area contributed by atoms with Crippen molar-refractivity contribution in [2.24, 2.45) is 0 Å². The summed E-state index contributed by atoms with van der Waals surface area (Å²) in [7, 11) is 3.12. The number of benzene rings is 2. The van der Waals surface area contributed by atoms with Gasteiger partial charge in [-0.2, -0.15) is 0 Å². The van der Waals surface area contributed by atoms with Gasteiger partial charge in [-0.1, -0.05) is 32.9 Å². The summed E-state index contributed by atoms with van der Waals surface area (Å²) in [5, 5.41) is 2.83. The Bertz CT molecular complexity index is 765. The first-order valence-corrected chi connectivity index (χ1v) is 8.54. The second-order valence-electron chi connectivity index (χ2n) is 7.10. The van der Waals surface area contributed by atoms with Crippen LogP contribution in [0.4, 0.5) is 5.69 Å². The Morgan fingerprint density at radius 1 is 1.00 bits per heavy atom. The predicted molar refractivity (Wildman–Crippen MR) is 103 cm³/mol. The van der Waals surface area contributed by atoms with E-state index in [2.05, 4.69) is 32.2 Å². The third-order valence-corrected chi connectivity index (χ3v) is 4.03. The summed E-state index contributed by atoms with van der Waals surface area (Å²) in [6.45, 7) is 8.14. The lowest BCUT2D eigenvalue weighted by molar-refractivity contribution is -0.122. The zero-order valence-corrected chi connectivity index (χ0v) is 16.3. The van der Waals surface area contributed by atoms with E-state index in [0.717, 1.165) is 5.56 Å². The van der Waals surface area contributed by atoms with Gasteiger partial charge in [-0.05, 0) is 42.2 Å². The SMILES string of the molecule is COc1ccc(NC(=O)C(C)Oc2cccc(C(C)(C)C)c2)cc1OC. The molecule has 2 aromatic carbocycles. The molecule has 140 valence electrons. The van der Waals surface area contributed by atoms with Crippen molar-refractivity contribution in [3.8, 4) is 17.2 Å². The van der Waals surface area contributed by atoms with E-state index >= 15 is 0 Å². The van der Waals surface area contributed by atoms with Crippen LogP contribution in [-0.4, -0.2) is 26.2 Å². The first kappa shape index (κ1) is 19.6. The average Bonchev–Trinajstić information content (AvgIpc) is 2.61. The number of carbonyl (C=O) groups is 1. The molecular formula is C21H27NO4. The van der Waals surface area contributed by atoms with Gasteiger partial charge in [0.25, 0.3) is 5.91 Å². The molecule has 0 aliphatic heterocycles. The molecular weight excluding hydrogens is 330 g/mol. The van der Waals surface area contributed by atoms with Crippen molar-refractivity contribution in [1.82, 2.24) is 0 Å². The first-order valence-electron chi connectivity index (χ1n) is 8.54. The standard InChI is InChI=1S/C21H27NO4/c1-14(26-17-9-7-8-15(12-17)21(2,3)4)20(23)22-16-10-11-18(24-5)19(13-16)25-6/h7-14H,1-6H3,(H,22,23). The van der Waals surface area contributed by atoms with Crippen LogP contribution in [0, 0.1) is 0 Å². The molecule has 0 bridgehead atoms. The second kappa shape index (κ2) is 8.13. The Balaban J connectivity index is 2.06. The fraction of sp³-hybridized carbons (Fsp3) is 0.381. The maximum atomic E-state index is 12.4. The maximum absolute atomic E-state index is 12.4. The molecule has 0 aliphatic rings. The van der Waals surface area contributed by atoms with E-state index in [1.54, 1.807) is 39.3 Å². The van der Waals surface area contributed by atoms with E-state index in [1.165, 1.54) is 0 Å². The number of hydrogen-bond donors (Lipinski definition) is 1. The molecule has 0 radical (unpaired) electrons. The number of carbonyl (C=O) groups excluding carboxylic acids is 1. The van der Waals surface area contributed by atoms with Gasteiger partial charge in [-0.25, -0.2) is 0 Å². The van der Waals surface area contributed by atoms with Crippen LogP contribution < -0.4 is 19.5 Å². The summed E-state index contributed by atoms with van der Waals surface area (Å²) in [5.74, 6) is 1.59. The lowest BCUT2D eigenvalue weighted by Crippen LogP contribution is -2.30. The Morgan fingerprint density at radius 2 is 1.69 bits per heavy atom. The van der Waals surface area contributed by atoms with Gasteiger partial charge in [-0.3, -0.25) is 4.79 Å². The second-order valence-corrected chi connectivity index (χ2v) is 7.10. The Hall–Kier alpha value is -2.69. The molecule has 0 spiro atoms. The van der Waals surface area contributed by atoms with Crippen LogP contribution in [-0.2, 0) is 10.2 Å². The van der Waals surface area contributed by atoms with Crippen LogP contribution >= 0.6 is 0 Å². The number of nitrogens with one attached hydrogen (secondary N) is 1. The third kappa shape index (κ3) is 4.91. The monoisotopic (exact) mass is 357 g/mol. The van der Waals surface area contributed by atoms with E-state index in [0.29, 0.717) is 22.9 Å². The molecule has 1 unspecified atom stereocenters. The van der Waals surface area contributed by atoms with Gasteiger partial charge in [0.15, 0.2) is 17.6 Å². The van der Waals surface area contributed by atoms with Crippen molar-refractivity contribution in [3.63, 3.8) is 0 Å². The van der Waals surface area contributed by atoms with Crippen LogP contribution in [0.3, 0.4) is 0 Å². The molecule has 0 saturated carbocycles. The minimum Gasteiger partial charge on any atom is -0.493 e. The van der Waals surface area contributed by atoms with E-state index in [4.69, 9.17) is 14.2 Å². The van der Waals surface area contributed by atoms with E-state index in [1.807, 2.05) is 18.2 Å². The minimum atomic E-state index is -0.640. The molecule has 1 amide bonds. The number of anilines is 1. The molecule has 5 heteroatoms. The molecule has 2 rings (SSSR count). The van der Waals surface area contributed by atoms with Gasteiger partial charge in [0, 0.05) is 11.8 Å². The maximum Gasteiger partial charge on any atom is 0.265 e. The lowest BCUT2D eigenvalue weighted by Gasteiger charge is -2.21. The Kier molecular flexibility index (Phi) is 6.14. The normalized spacial score (nSPS) is 12.2. The Morgan fingerprint density at radius 3 is 2.31 bits per heavy atom. The first-order chi connectivity index (χ1) is 12.2. The van der Waals surface area contributed by atoms with E-state index in [-0.39, 0.29) is 11.3 Å². The highest BCUT2D eigenvalue weighted by Crippen LogP contribution is 2.30. The fourth-order valence-corrected chi connectivity index (χ4v) is 2.45. The number of methoxy groups -OCH3 is 2. The zero-order valence-electron chi connectivity index (χ0n) is 16.3. The highest BCUT2D eigenvalue weighted by molar-refractivity contribution is 5.94. The van der Waals surface area contributed by atoms with Crippen molar-refractivity contribution in [1.29, 1.82) is 0 Å². The number of amides is 1. The third-order valence-electron chi connectivity index (χ3n) is 4.03. The average molecular weight is 357 g/mol. The van der Waals surface area contributed by atoms with Crippen LogP contribution in [0.5, 0.6) is 17.2 Å². The van der Waals surface area contributed by atoms with Gasteiger partial charge in [0.2, 0.25) is 0 Å². The molecule has 1 N–H and O–H groups in total. The topological polar surface area (TPSA) is 56.8 Å². The van der Waals surface area contributed by atoms with Crippen LogP contribution in [0.1, 0.15) is 33.3 Å². The molecule has 0 aliphatic carbocycles. The zero-order chi connectivity index (χ0) is 19.3. The van der Waals surface area contributed by atoms with Gasteiger partial charge >= 0.3 is 0 Å². The highest BCUT2D eigenvalue weighted by atomic mass is 16.5. The summed E-state index contributed by atoms with van der Waals surface area (Å²) in [4.78, 5) is 12.4. The minimum absolute atomic E-state index is 0.0184. The number of hydrogen-bond acceptors (Lipinski definition) is 4. The summed E-state index contributed by atoms with van der Waals surface area (Å²) in [6, 6.07) is 13.0. The van der Waals surface area contributed by atoms with Gasteiger partial charge in [-0.15, -0.1) is 0 Å². The number of rotatable bonds is 6. The molecule has 26 heavy (non-hydrogen) atoms.